The van der Waals surface area contributed by atoms with Gasteiger partial charge in [-0.2, -0.15) is 0 Å². The molecule has 152 valence electrons. The molecule has 0 amide bonds. The Hall–Kier alpha value is -3.00. The third-order valence-electron chi connectivity index (χ3n) is 5.81. The first-order valence-corrected chi connectivity index (χ1v) is 10.8. The maximum absolute atomic E-state index is 6.62. The van der Waals surface area contributed by atoms with Crippen molar-refractivity contribution in [3.8, 4) is 33.6 Å². The van der Waals surface area contributed by atoms with Crippen LogP contribution in [0.1, 0.15) is 41.0 Å². The van der Waals surface area contributed by atoms with E-state index in [4.69, 9.17) is 4.42 Å². The highest BCUT2D eigenvalue weighted by molar-refractivity contribution is 6.18. The Morgan fingerprint density at radius 2 is 1.40 bits per heavy atom. The van der Waals surface area contributed by atoms with E-state index in [2.05, 4.69) is 107 Å². The molecule has 2 heteroatoms. The molecular weight excluding hydrogens is 366 g/mol. The minimum atomic E-state index is -0.0983. The van der Waals surface area contributed by atoms with Crippen molar-refractivity contribution in [2.75, 3.05) is 5.32 Å². The van der Waals surface area contributed by atoms with Gasteiger partial charge in [-0.1, -0.05) is 87.5 Å². The van der Waals surface area contributed by atoms with Crippen LogP contribution in [0, 0.1) is 5.41 Å². The maximum atomic E-state index is 6.62. The number of benzene rings is 3. The topological polar surface area (TPSA) is 25.2 Å². The number of nitrogens with one attached hydrogen (secondary N) is 1. The van der Waals surface area contributed by atoms with E-state index in [9.17, 15) is 0 Å². The average Bonchev–Trinajstić information content (AvgIpc) is 3.17. The summed E-state index contributed by atoms with van der Waals surface area (Å²) >= 11 is 0. The molecule has 2 nitrogen and oxygen atoms in total. The number of hydrogen-bond acceptors (Lipinski definition) is 2. The lowest BCUT2D eigenvalue weighted by atomic mass is 9.81. The van der Waals surface area contributed by atoms with Crippen LogP contribution in [0.3, 0.4) is 0 Å². The summed E-state index contributed by atoms with van der Waals surface area (Å²) in [5.41, 5.74) is 6.13. The highest BCUT2D eigenvalue weighted by atomic mass is 16.4. The van der Waals surface area contributed by atoms with Gasteiger partial charge in [-0.25, -0.2) is 0 Å². The predicted molar refractivity (Wildman–Crippen MR) is 128 cm³/mol. The van der Waals surface area contributed by atoms with E-state index in [0.717, 1.165) is 23.6 Å². The number of furan rings is 1. The molecule has 1 heterocycles. The summed E-state index contributed by atoms with van der Waals surface area (Å²) in [6.45, 7) is 11.4. The Labute approximate surface area is 178 Å². The Balaban J connectivity index is 1.73. The Morgan fingerprint density at radius 1 is 0.733 bits per heavy atom. The van der Waals surface area contributed by atoms with Gasteiger partial charge in [-0.05, 0) is 42.2 Å². The minimum absolute atomic E-state index is 0.0983. The molecule has 30 heavy (non-hydrogen) atoms. The van der Waals surface area contributed by atoms with Crippen molar-refractivity contribution < 1.29 is 4.42 Å². The Kier molecular flexibility index (Phi) is 4.12. The fourth-order valence-electron chi connectivity index (χ4n) is 5.26. The summed E-state index contributed by atoms with van der Waals surface area (Å²) in [6.07, 6.45) is 1.03. The van der Waals surface area contributed by atoms with Crippen LogP contribution in [-0.4, -0.2) is 5.54 Å². The largest absolute Gasteiger partial charge is 0.439 e. The van der Waals surface area contributed by atoms with E-state index in [0.29, 0.717) is 0 Å². The molecule has 0 fully saturated rings. The first kappa shape index (κ1) is 19.0. The van der Waals surface area contributed by atoms with E-state index in [-0.39, 0.29) is 11.0 Å². The van der Waals surface area contributed by atoms with Crippen molar-refractivity contribution in [3.05, 3.63) is 66.7 Å². The van der Waals surface area contributed by atoms with Crippen LogP contribution in [0.25, 0.3) is 44.3 Å². The maximum Gasteiger partial charge on any atom is 0.202 e. The van der Waals surface area contributed by atoms with E-state index in [1.165, 1.54) is 33.0 Å². The average molecular weight is 396 g/mol. The molecule has 5 rings (SSSR count). The van der Waals surface area contributed by atoms with Crippen LogP contribution >= 0.6 is 0 Å². The molecule has 0 unspecified atom stereocenters. The zero-order chi connectivity index (χ0) is 21.1. The van der Waals surface area contributed by atoms with Crippen molar-refractivity contribution in [2.45, 2.75) is 46.6 Å². The molecule has 4 aromatic rings. The van der Waals surface area contributed by atoms with Crippen LogP contribution in [-0.2, 0) is 0 Å². The summed E-state index contributed by atoms with van der Waals surface area (Å²) in [4.78, 5) is 0. The normalized spacial score (nSPS) is 13.0. The van der Waals surface area contributed by atoms with Gasteiger partial charge in [0.15, 0.2) is 0 Å². The molecule has 0 atom stereocenters. The predicted octanol–water partition coefficient (Wildman–Crippen LogP) is 8.37. The van der Waals surface area contributed by atoms with Crippen molar-refractivity contribution in [1.82, 2.24) is 0 Å². The van der Waals surface area contributed by atoms with Gasteiger partial charge in [0.05, 0.1) is 5.56 Å². The molecule has 1 N–H and O–H groups in total. The fraction of sp³-hybridized carbons (Fsp3) is 0.286. The van der Waals surface area contributed by atoms with Gasteiger partial charge in [0.1, 0.15) is 5.76 Å². The van der Waals surface area contributed by atoms with Crippen LogP contribution in [0.15, 0.2) is 71.1 Å². The molecule has 1 aliphatic carbocycles. The molecule has 0 bridgehead atoms. The van der Waals surface area contributed by atoms with Crippen LogP contribution in [0.2, 0.25) is 0 Å². The van der Waals surface area contributed by atoms with Crippen LogP contribution < -0.4 is 5.32 Å². The lowest BCUT2D eigenvalue weighted by Gasteiger charge is -2.33. The molecular formula is C28H29NO. The third kappa shape index (κ3) is 3.11. The van der Waals surface area contributed by atoms with Gasteiger partial charge in [-0.15, -0.1) is 0 Å². The summed E-state index contributed by atoms with van der Waals surface area (Å²) in [5, 5.41) is 6.33. The second kappa shape index (κ2) is 6.50. The molecule has 3 aromatic carbocycles. The van der Waals surface area contributed by atoms with Crippen molar-refractivity contribution >= 4 is 16.7 Å². The van der Waals surface area contributed by atoms with Gasteiger partial charge in [0, 0.05) is 22.1 Å². The van der Waals surface area contributed by atoms with Gasteiger partial charge in [0.25, 0.3) is 0 Å². The van der Waals surface area contributed by atoms with Gasteiger partial charge >= 0.3 is 0 Å². The van der Waals surface area contributed by atoms with Gasteiger partial charge < -0.3 is 9.73 Å². The molecule has 0 aliphatic heterocycles. The standard InChI is InChI=1S/C28H29NO/c1-27(2,3)17-28(4,5)29-26-23(19-11-7-6-8-12-19)24-20-15-9-13-18-14-10-16-21(22(18)20)25(24)30-26/h6-16,29H,17H2,1-5H3. The summed E-state index contributed by atoms with van der Waals surface area (Å²) in [5.74, 6) is 1.85. The monoisotopic (exact) mass is 395 g/mol. The first-order chi connectivity index (χ1) is 14.2. The number of anilines is 1. The second-order valence-electron chi connectivity index (χ2n) is 10.3. The van der Waals surface area contributed by atoms with Gasteiger partial charge in [-0.3, -0.25) is 0 Å². The van der Waals surface area contributed by atoms with E-state index in [1.807, 2.05) is 0 Å². The highest BCUT2D eigenvalue weighted by Crippen LogP contribution is 2.55. The highest BCUT2D eigenvalue weighted by Gasteiger charge is 2.34. The van der Waals surface area contributed by atoms with E-state index >= 15 is 0 Å². The molecule has 1 aliphatic rings. The smallest absolute Gasteiger partial charge is 0.202 e. The quantitative estimate of drug-likeness (QED) is 0.330. The van der Waals surface area contributed by atoms with Crippen LogP contribution in [0.4, 0.5) is 5.88 Å². The minimum Gasteiger partial charge on any atom is -0.439 e. The summed E-state index contributed by atoms with van der Waals surface area (Å²) in [6, 6.07) is 23.7. The van der Waals surface area contributed by atoms with Crippen LogP contribution in [0.5, 0.6) is 0 Å². The first-order valence-electron chi connectivity index (χ1n) is 10.8. The fourth-order valence-corrected chi connectivity index (χ4v) is 5.26. The zero-order valence-corrected chi connectivity index (χ0v) is 18.5. The van der Waals surface area contributed by atoms with E-state index < -0.39 is 0 Å². The molecule has 1 aromatic heterocycles. The summed E-state index contributed by atoms with van der Waals surface area (Å²) in [7, 11) is 0. The molecule has 0 saturated carbocycles. The van der Waals surface area contributed by atoms with Crippen molar-refractivity contribution in [1.29, 1.82) is 0 Å². The Morgan fingerprint density at radius 3 is 2.07 bits per heavy atom. The number of hydrogen-bond donors (Lipinski definition) is 1. The molecule has 0 radical (unpaired) electrons. The third-order valence-corrected chi connectivity index (χ3v) is 5.81. The molecule has 0 saturated heterocycles. The van der Waals surface area contributed by atoms with E-state index in [1.54, 1.807) is 0 Å². The second-order valence-corrected chi connectivity index (χ2v) is 10.3. The van der Waals surface area contributed by atoms with Crippen molar-refractivity contribution in [3.63, 3.8) is 0 Å². The van der Waals surface area contributed by atoms with Crippen molar-refractivity contribution in [2.24, 2.45) is 5.41 Å². The lowest BCUT2D eigenvalue weighted by molar-refractivity contribution is 0.299. The lowest BCUT2D eigenvalue weighted by Crippen LogP contribution is -2.35. The SMILES string of the molecule is CC(C)(C)CC(C)(C)Nc1oc2c(c1-c1ccccc1)-c1cccc3cccc-2c13. The van der Waals surface area contributed by atoms with Gasteiger partial charge in [0.2, 0.25) is 5.88 Å². The number of fused-ring (bicyclic) bond motifs is 3. The number of rotatable bonds is 4. The zero-order valence-electron chi connectivity index (χ0n) is 18.5. The Bertz CT molecular complexity index is 1230. The summed E-state index contributed by atoms with van der Waals surface area (Å²) < 4.78 is 6.62. The molecule has 0 spiro atoms.